The molecule has 0 spiro atoms. The Kier molecular flexibility index (Phi) is 5.07. The zero-order chi connectivity index (χ0) is 15.6. The third-order valence-electron chi connectivity index (χ3n) is 2.80. The molecule has 0 heterocycles. The molecule has 2 aromatic carbocycles. The van der Waals surface area contributed by atoms with Gasteiger partial charge in [0.1, 0.15) is 6.04 Å². The Morgan fingerprint density at radius 2 is 1.57 bits per heavy atom. The van der Waals surface area contributed by atoms with Crippen LogP contribution in [0.5, 0.6) is 0 Å². The molecule has 1 N–H and O–H groups in total. The number of nitrogens with one attached hydrogen (secondary N) is 1. The highest BCUT2D eigenvalue weighted by molar-refractivity contribution is 9.10. The topological polar surface area (TPSA) is 12.0 Å². The van der Waals surface area contributed by atoms with E-state index in [9.17, 15) is 13.2 Å². The van der Waals surface area contributed by atoms with Crippen molar-refractivity contribution in [1.82, 2.24) is 0 Å². The molecule has 0 aliphatic rings. The second kappa shape index (κ2) is 6.46. The predicted octanol–water partition coefficient (Wildman–Crippen LogP) is 6.47. The molecule has 1 atom stereocenters. The number of rotatable bonds is 3. The average molecular weight is 399 g/mol. The second-order valence-corrected chi connectivity index (χ2v) is 5.86. The van der Waals surface area contributed by atoms with Crippen LogP contribution in [0.4, 0.5) is 18.9 Å². The number of anilines is 1. The van der Waals surface area contributed by atoms with Crippen LogP contribution in [-0.4, -0.2) is 6.18 Å². The lowest BCUT2D eigenvalue weighted by Gasteiger charge is -2.24. The van der Waals surface area contributed by atoms with E-state index in [0.29, 0.717) is 4.47 Å². The highest BCUT2D eigenvalue weighted by Gasteiger charge is 2.41. The predicted molar refractivity (Wildman–Crippen MR) is 83.0 cm³/mol. The van der Waals surface area contributed by atoms with Crippen molar-refractivity contribution in [2.45, 2.75) is 12.2 Å². The van der Waals surface area contributed by atoms with E-state index in [1.165, 1.54) is 24.3 Å². The summed E-state index contributed by atoms with van der Waals surface area (Å²) >= 11 is 15.1. The second-order valence-electron chi connectivity index (χ2n) is 4.25. The molecule has 1 unspecified atom stereocenters. The molecule has 2 aromatic rings. The Bertz CT molecular complexity index is 632. The van der Waals surface area contributed by atoms with Crippen LogP contribution in [0.25, 0.3) is 0 Å². The Balaban J connectivity index is 2.40. The highest BCUT2D eigenvalue weighted by Crippen LogP contribution is 2.41. The monoisotopic (exact) mass is 397 g/mol. The van der Waals surface area contributed by atoms with E-state index < -0.39 is 12.2 Å². The molecule has 0 fully saturated rings. The third-order valence-corrected chi connectivity index (χ3v) is 4.57. The van der Waals surface area contributed by atoms with Crippen molar-refractivity contribution in [2.75, 3.05) is 5.32 Å². The average Bonchev–Trinajstić information content (AvgIpc) is 2.44. The minimum absolute atomic E-state index is 0.0382. The maximum atomic E-state index is 13.3. The van der Waals surface area contributed by atoms with Crippen LogP contribution >= 0.6 is 39.1 Å². The first-order chi connectivity index (χ1) is 9.80. The minimum atomic E-state index is -4.47. The Hall–Kier alpha value is -0.910. The molecule has 112 valence electrons. The molecule has 7 heteroatoms. The van der Waals surface area contributed by atoms with Gasteiger partial charge in [0.2, 0.25) is 0 Å². The van der Waals surface area contributed by atoms with E-state index in [2.05, 4.69) is 21.2 Å². The smallest absolute Gasteiger partial charge is 0.369 e. The Morgan fingerprint density at radius 3 is 2.14 bits per heavy atom. The lowest BCUT2D eigenvalue weighted by atomic mass is 10.1. The number of hydrogen-bond acceptors (Lipinski definition) is 1. The van der Waals surface area contributed by atoms with Crippen molar-refractivity contribution in [3.8, 4) is 0 Å². The summed E-state index contributed by atoms with van der Waals surface area (Å²) in [5, 5.41) is 2.61. The van der Waals surface area contributed by atoms with Crippen LogP contribution in [0, 0.1) is 0 Å². The summed E-state index contributed by atoms with van der Waals surface area (Å²) in [6.07, 6.45) is -4.47. The lowest BCUT2D eigenvalue weighted by molar-refractivity contribution is -0.144. The van der Waals surface area contributed by atoms with E-state index in [1.807, 2.05) is 0 Å². The highest BCUT2D eigenvalue weighted by atomic mass is 79.9. The quantitative estimate of drug-likeness (QED) is 0.584. The SMILES string of the molecule is FC(F)(F)C(Nc1ccc(Br)c(Cl)c1Cl)c1ccccc1. The van der Waals surface area contributed by atoms with Gasteiger partial charge < -0.3 is 5.32 Å². The Labute approximate surface area is 138 Å². The van der Waals surface area contributed by atoms with Gasteiger partial charge in [0, 0.05) is 4.47 Å². The fraction of sp³-hybridized carbons (Fsp3) is 0.143. The van der Waals surface area contributed by atoms with Crippen LogP contribution in [0.1, 0.15) is 11.6 Å². The third kappa shape index (κ3) is 3.84. The van der Waals surface area contributed by atoms with Gasteiger partial charge in [0.15, 0.2) is 0 Å². The van der Waals surface area contributed by atoms with Crippen molar-refractivity contribution >= 4 is 44.8 Å². The largest absolute Gasteiger partial charge is 0.412 e. The van der Waals surface area contributed by atoms with Crippen molar-refractivity contribution in [3.63, 3.8) is 0 Å². The van der Waals surface area contributed by atoms with E-state index in [4.69, 9.17) is 23.2 Å². The molecule has 0 saturated carbocycles. The summed E-state index contributed by atoms with van der Waals surface area (Å²) in [5.74, 6) is 0. The Morgan fingerprint density at radius 1 is 0.952 bits per heavy atom. The van der Waals surface area contributed by atoms with E-state index in [0.717, 1.165) is 0 Å². The van der Waals surface area contributed by atoms with E-state index in [-0.39, 0.29) is 21.3 Å². The standard InChI is InChI=1S/C14H9BrCl2F3N/c15-9-6-7-10(12(17)11(9)16)21-13(14(18,19)20)8-4-2-1-3-5-8/h1-7,13,21H. The molecule has 0 aromatic heterocycles. The van der Waals surface area contributed by atoms with Crippen LogP contribution in [0.3, 0.4) is 0 Å². The molecular weight excluding hydrogens is 390 g/mol. The van der Waals surface area contributed by atoms with E-state index >= 15 is 0 Å². The molecule has 21 heavy (non-hydrogen) atoms. The van der Waals surface area contributed by atoms with Gasteiger partial charge in [-0.2, -0.15) is 13.2 Å². The van der Waals surface area contributed by atoms with Gasteiger partial charge >= 0.3 is 6.18 Å². The van der Waals surface area contributed by atoms with Crippen LogP contribution in [-0.2, 0) is 0 Å². The molecule has 0 amide bonds. The normalized spacial score (nSPS) is 13.0. The van der Waals surface area contributed by atoms with Gasteiger partial charge in [-0.25, -0.2) is 0 Å². The minimum Gasteiger partial charge on any atom is -0.369 e. The van der Waals surface area contributed by atoms with Crippen molar-refractivity contribution in [3.05, 3.63) is 62.5 Å². The summed E-state index contributed by atoms with van der Waals surface area (Å²) in [4.78, 5) is 0. The van der Waals surface area contributed by atoms with Gasteiger partial charge in [-0.1, -0.05) is 53.5 Å². The fourth-order valence-corrected chi connectivity index (χ4v) is 2.62. The van der Waals surface area contributed by atoms with Gasteiger partial charge in [-0.3, -0.25) is 0 Å². The van der Waals surface area contributed by atoms with Gasteiger partial charge in [0.05, 0.1) is 15.7 Å². The molecule has 1 nitrogen and oxygen atoms in total. The lowest BCUT2D eigenvalue weighted by Crippen LogP contribution is -2.28. The molecule has 0 bridgehead atoms. The van der Waals surface area contributed by atoms with Gasteiger partial charge in [0.25, 0.3) is 0 Å². The zero-order valence-corrected chi connectivity index (χ0v) is 13.5. The van der Waals surface area contributed by atoms with Gasteiger partial charge in [-0.15, -0.1) is 0 Å². The van der Waals surface area contributed by atoms with Crippen LogP contribution in [0.15, 0.2) is 46.9 Å². The van der Waals surface area contributed by atoms with Crippen molar-refractivity contribution in [1.29, 1.82) is 0 Å². The number of hydrogen-bond donors (Lipinski definition) is 1. The summed E-state index contributed by atoms with van der Waals surface area (Å²) in [6, 6.07) is 8.67. The van der Waals surface area contributed by atoms with Crippen LogP contribution < -0.4 is 5.32 Å². The number of halogens is 6. The molecule has 0 aliphatic carbocycles. The maximum absolute atomic E-state index is 13.3. The molecule has 0 aliphatic heterocycles. The number of benzene rings is 2. The van der Waals surface area contributed by atoms with E-state index in [1.54, 1.807) is 18.2 Å². The summed E-state index contributed by atoms with van der Waals surface area (Å²) in [5.41, 5.74) is 0.219. The molecular formula is C14H9BrCl2F3N. The van der Waals surface area contributed by atoms with Crippen LogP contribution in [0.2, 0.25) is 10.0 Å². The van der Waals surface area contributed by atoms with Crippen molar-refractivity contribution < 1.29 is 13.2 Å². The molecule has 0 radical (unpaired) electrons. The zero-order valence-electron chi connectivity index (χ0n) is 10.4. The summed E-state index contributed by atoms with van der Waals surface area (Å²) in [6.45, 7) is 0. The summed E-state index contributed by atoms with van der Waals surface area (Å²) in [7, 11) is 0. The maximum Gasteiger partial charge on any atom is 0.412 e. The first-order valence-corrected chi connectivity index (χ1v) is 7.37. The first-order valence-electron chi connectivity index (χ1n) is 5.82. The van der Waals surface area contributed by atoms with Crippen molar-refractivity contribution in [2.24, 2.45) is 0 Å². The fourth-order valence-electron chi connectivity index (χ4n) is 1.79. The summed E-state index contributed by atoms with van der Waals surface area (Å²) < 4.78 is 40.3. The number of alkyl halides is 3. The molecule has 2 rings (SSSR count). The first kappa shape index (κ1) is 16.5. The van der Waals surface area contributed by atoms with Gasteiger partial charge in [-0.05, 0) is 33.6 Å². The molecule has 0 saturated heterocycles.